The Morgan fingerprint density at radius 1 is 1.25 bits per heavy atom. The van der Waals surface area contributed by atoms with Gasteiger partial charge in [-0.3, -0.25) is 19.2 Å². The van der Waals surface area contributed by atoms with Crippen molar-refractivity contribution in [2.45, 2.75) is 44.3 Å². The lowest BCUT2D eigenvalue weighted by atomic mass is 9.95. The highest BCUT2D eigenvalue weighted by Gasteiger charge is 2.46. The van der Waals surface area contributed by atoms with Gasteiger partial charge in [0.1, 0.15) is 10.8 Å². The van der Waals surface area contributed by atoms with Gasteiger partial charge in [-0.2, -0.15) is 0 Å². The van der Waals surface area contributed by atoms with Crippen LogP contribution in [0.3, 0.4) is 0 Å². The number of ether oxygens (including phenoxy) is 1. The zero-order valence-electron chi connectivity index (χ0n) is 16.4. The van der Waals surface area contributed by atoms with Gasteiger partial charge in [0.05, 0.1) is 29.9 Å². The van der Waals surface area contributed by atoms with Crippen LogP contribution in [0, 0.1) is 0 Å². The first-order valence-corrected chi connectivity index (χ1v) is 11.0. The quantitative estimate of drug-likeness (QED) is 0.752. The van der Waals surface area contributed by atoms with Crippen molar-refractivity contribution in [3.63, 3.8) is 0 Å². The zero-order valence-corrected chi connectivity index (χ0v) is 17.2. The molecule has 0 aliphatic carbocycles. The molecular weight excluding hydrogens is 374 g/mol. The Bertz CT molecular complexity index is 912. The van der Waals surface area contributed by atoms with E-state index < -0.39 is 0 Å². The lowest BCUT2D eigenvalue weighted by Crippen LogP contribution is -2.45. The fourth-order valence-electron chi connectivity index (χ4n) is 5.09. The second-order valence-corrected chi connectivity index (χ2v) is 9.20. The molecule has 1 spiro atoms. The average molecular weight is 402 g/mol. The van der Waals surface area contributed by atoms with Crippen molar-refractivity contribution >= 4 is 11.3 Å². The molecule has 2 aromatic rings. The number of fused-ring (bicyclic) bond motifs is 3. The summed E-state index contributed by atoms with van der Waals surface area (Å²) in [6.45, 7) is 6.04. The molecule has 0 unspecified atom stereocenters. The van der Waals surface area contributed by atoms with E-state index in [0.29, 0.717) is 13.2 Å². The van der Waals surface area contributed by atoms with Crippen molar-refractivity contribution in [3.8, 4) is 0 Å². The first-order valence-electron chi connectivity index (χ1n) is 10.1. The van der Waals surface area contributed by atoms with Crippen LogP contribution < -0.4 is 5.56 Å². The Kier molecular flexibility index (Phi) is 4.82. The van der Waals surface area contributed by atoms with Crippen molar-refractivity contribution in [2.24, 2.45) is 0 Å². The molecule has 7 nitrogen and oxygen atoms in total. The van der Waals surface area contributed by atoms with Crippen molar-refractivity contribution in [2.75, 3.05) is 39.9 Å². The highest BCUT2D eigenvalue weighted by molar-refractivity contribution is 7.09. The first-order chi connectivity index (χ1) is 13.7. The Morgan fingerprint density at radius 2 is 2.18 bits per heavy atom. The summed E-state index contributed by atoms with van der Waals surface area (Å²) in [4.78, 5) is 27.7. The molecule has 5 rings (SSSR count). The Morgan fingerprint density at radius 3 is 3.00 bits per heavy atom. The summed E-state index contributed by atoms with van der Waals surface area (Å²) in [6, 6.07) is 0. The Labute approximate surface area is 169 Å². The third-order valence-corrected chi connectivity index (χ3v) is 7.30. The van der Waals surface area contributed by atoms with Gasteiger partial charge in [-0.1, -0.05) is 0 Å². The number of rotatable bonds is 5. The third kappa shape index (κ3) is 3.12. The van der Waals surface area contributed by atoms with E-state index in [4.69, 9.17) is 9.72 Å². The van der Waals surface area contributed by atoms with E-state index in [-0.39, 0.29) is 11.1 Å². The number of hydrogen-bond acceptors (Lipinski definition) is 7. The van der Waals surface area contributed by atoms with Gasteiger partial charge in [0.15, 0.2) is 0 Å². The SMILES string of the molecule is COCCN1CCc2nc3n(c(=O)c2C1)[C@]1(CC3)CCN(Cc2nccs2)C1. The number of hydrogen-bond donors (Lipinski definition) is 0. The molecule has 8 heteroatoms. The van der Waals surface area contributed by atoms with Crippen LogP contribution in [0.1, 0.15) is 34.9 Å². The molecule has 1 saturated heterocycles. The van der Waals surface area contributed by atoms with Gasteiger partial charge < -0.3 is 4.74 Å². The lowest BCUT2D eigenvalue weighted by molar-refractivity contribution is 0.139. The lowest BCUT2D eigenvalue weighted by Gasteiger charge is -2.31. The number of methoxy groups -OCH3 is 1. The van der Waals surface area contributed by atoms with Gasteiger partial charge in [0.2, 0.25) is 0 Å². The number of thiazole rings is 1. The molecule has 0 bridgehead atoms. The number of likely N-dealkylation sites (tertiary alicyclic amines) is 1. The molecule has 0 radical (unpaired) electrons. The summed E-state index contributed by atoms with van der Waals surface area (Å²) in [5, 5.41) is 3.18. The third-order valence-electron chi connectivity index (χ3n) is 6.53. The largest absolute Gasteiger partial charge is 0.383 e. The molecule has 1 atom stereocenters. The van der Waals surface area contributed by atoms with Crippen LogP contribution in [0.15, 0.2) is 16.4 Å². The summed E-state index contributed by atoms with van der Waals surface area (Å²) in [6.07, 6.45) is 5.71. The van der Waals surface area contributed by atoms with E-state index in [2.05, 4.69) is 19.4 Å². The summed E-state index contributed by atoms with van der Waals surface area (Å²) in [7, 11) is 1.72. The van der Waals surface area contributed by atoms with Crippen molar-refractivity contribution in [1.29, 1.82) is 0 Å². The summed E-state index contributed by atoms with van der Waals surface area (Å²) >= 11 is 1.71. The standard InChI is InChI=1S/C20H27N5O2S/c1-27-10-9-23-7-3-16-15(12-23)19(26)25-17(22-16)2-4-20(25)5-8-24(14-20)13-18-21-6-11-28-18/h6,11H,2-5,7-10,12-14H2,1H3/t20-/m1/s1. The van der Waals surface area contributed by atoms with Gasteiger partial charge in [-0.15, -0.1) is 11.3 Å². The minimum absolute atomic E-state index is 0.0828. The first kappa shape index (κ1) is 18.4. The Balaban J connectivity index is 1.42. The van der Waals surface area contributed by atoms with E-state index >= 15 is 0 Å². The second kappa shape index (κ2) is 7.33. The smallest absolute Gasteiger partial charge is 0.258 e. The predicted molar refractivity (Wildman–Crippen MR) is 108 cm³/mol. The minimum Gasteiger partial charge on any atom is -0.383 e. The molecular formula is C20H27N5O2S. The molecule has 150 valence electrons. The molecule has 5 heterocycles. The van der Waals surface area contributed by atoms with Crippen molar-refractivity contribution in [3.05, 3.63) is 44.0 Å². The fraction of sp³-hybridized carbons (Fsp3) is 0.650. The molecule has 0 aromatic carbocycles. The molecule has 28 heavy (non-hydrogen) atoms. The number of nitrogens with zero attached hydrogens (tertiary/aromatic N) is 5. The average Bonchev–Trinajstić information content (AvgIpc) is 3.43. The van der Waals surface area contributed by atoms with E-state index in [0.717, 1.165) is 80.5 Å². The zero-order chi connectivity index (χ0) is 19.1. The molecule has 0 saturated carbocycles. The monoisotopic (exact) mass is 401 g/mol. The van der Waals surface area contributed by atoms with Crippen LogP contribution in [0.25, 0.3) is 0 Å². The number of aryl methyl sites for hydroxylation is 1. The maximum Gasteiger partial charge on any atom is 0.258 e. The minimum atomic E-state index is -0.0828. The molecule has 3 aliphatic heterocycles. The van der Waals surface area contributed by atoms with Crippen molar-refractivity contribution in [1.82, 2.24) is 24.3 Å². The normalized spacial score (nSPS) is 24.8. The van der Waals surface area contributed by atoms with Crippen LogP contribution in [-0.4, -0.2) is 64.2 Å². The van der Waals surface area contributed by atoms with Crippen molar-refractivity contribution < 1.29 is 4.74 Å². The predicted octanol–water partition coefficient (Wildman–Crippen LogP) is 1.25. The number of aromatic nitrogens is 3. The van der Waals surface area contributed by atoms with Gasteiger partial charge in [0, 0.05) is 64.3 Å². The highest BCUT2D eigenvalue weighted by Crippen LogP contribution is 2.39. The van der Waals surface area contributed by atoms with Gasteiger partial charge >= 0.3 is 0 Å². The van der Waals surface area contributed by atoms with E-state index in [1.165, 1.54) is 0 Å². The van der Waals surface area contributed by atoms with Crippen LogP contribution in [0.5, 0.6) is 0 Å². The summed E-state index contributed by atoms with van der Waals surface area (Å²) < 4.78 is 7.29. The Hall–Kier alpha value is -1.61. The van der Waals surface area contributed by atoms with E-state index in [1.807, 2.05) is 11.6 Å². The van der Waals surface area contributed by atoms with Gasteiger partial charge in [-0.25, -0.2) is 9.97 Å². The summed E-state index contributed by atoms with van der Waals surface area (Å²) in [5.74, 6) is 1.00. The molecule has 1 fully saturated rings. The van der Waals surface area contributed by atoms with Crippen LogP contribution in [0.4, 0.5) is 0 Å². The summed E-state index contributed by atoms with van der Waals surface area (Å²) in [5.41, 5.74) is 2.06. The molecule has 2 aromatic heterocycles. The second-order valence-electron chi connectivity index (χ2n) is 8.22. The maximum absolute atomic E-state index is 13.5. The topological polar surface area (TPSA) is 63.5 Å². The van der Waals surface area contributed by atoms with E-state index in [9.17, 15) is 4.79 Å². The van der Waals surface area contributed by atoms with E-state index in [1.54, 1.807) is 18.4 Å². The maximum atomic E-state index is 13.5. The van der Waals surface area contributed by atoms with Crippen LogP contribution in [-0.2, 0) is 36.2 Å². The van der Waals surface area contributed by atoms with Crippen LogP contribution in [0.2, 0.25) is 0 Å². The molecule has 3 aliphatic rings. The van der Waals surface area contributed by atoms with Gasteiger partial charge in [-0.05, 0) is 12.8 Å². The van der Waals surface area contributed by atoms with Crippen LogP contribution >= 0.6 is 11.3 Å². The van der Waals surface area contributed by atoms with Gasteiger partial charge in [0.25, 0.3) is 5.56 Å². The molecule has 0 amide bonds. The fourth-order valence-corrected chi connectivity index (χ4v) is 5.75. The highest BCUT2D eigenvalue weighted by atomic mass is 32.1. The molecule has 0 N–H and O–H groups in total.